The fourth-order valence-electron chi connectivity index (χ4n) is 4.26. The van der Waals surface area contributed by atoms with Crippen LogP contribution in [0.25, 0.3) is 0 Å². The average Bonchev–Trinajstić information content (AvgIpc) is 2.85. The maximum Gasteiger partial charge on any atom is 3.00 e. The molecule has 0 saturated carbocycles. The monoisotopic (exact) mass is 495 g/mol. The van der Waals surface area contributed by atoms with Gasteiger partial charge in [-0.1, -0.05) is 101 Å². The number of hydrogen-bond acceptors (Lipinski definition) is 0. The molecule has 0 unspecified atom stereocenters. The summed E-state index contributed by atoms with van der Waals surface area (Å²) < 4.78 is 0. The van der Waals surface area contributed by atoms with Gasteiger partial charge in [0.25, 0.3) is 0 Å². The zero-order valence-electron chi connectivity index (χ0n) is 18.2. The van der Waals surface area contributed by atoms with Crippen LogP contribution in [0.1, 0.15) is 22.3 Å². The van der Waals surface area contributed by atoms with Crippen LogP contribution in [-0.4, -0.2) is 13.9 Å². The molecular formula is C24H30Cl2PSiTi. The average molecular weight is 496 g/mol. The van der Waals surface area contributed by atoms with Crippen molar-refractivity contribution < 1.29 is 46.5 Å². The molecule has 0 amide bonds. The van der Waals surface area contributed by atoms with Crippen LogP contribution in [0.3, 0.4) is 0 Å². The Kier molecular flexibility index (Phi) is 11.8. The van der Waals surface area contributed by atoms with Gasteiger partial charge in [-0.2, -0.15) is 27.4 Å². The Bertz CT molecular complexity index is 827. The maximum absolute atomic E-state index is 2.57. The molecule has 3 aromatic rings. The first kappa shape index (κ1) is 28.7. The Morgan fingerprint density at radius 2 is 1.03 bits per heavy atom. The number of rotatable bonds is 5. The second kappa shape index (κ2) is 11.9. The van der Waals surface area contributed by atoms with Crippen molar-refractivity contribution in [3.8, 4) is 0 Å². The molecule has 0 heterocycles. The van der Waals surface area contributed by atoms with E-state index in [2.05, 4.69) is 101 Å². The van der Waals surface area contributed by atoms with Crippen LogP contribution < -0.4 is 40.6 Å². The molecule has 5 heteroatoms. The molecule has 153 valence electrons. The van der Waals surface area contributed by atoms with E-state index in [1.54, 1.807) is 16.3 Å². The van der Waals surface area contributed by atoms with Crippen molar-refractivity contribution in [2.45, 2.75) is 40.8 Å². The van der Waals surface area contributed by atoms with Gasteiger partial charge < -0.3 is 24.8 Å². The summed E-state index contributed by atoms with van der Waals surface area (Å²) in [5.74, 6) is 1.31. The van der Waals surface area contributed by atoms with Gasteiger partial charge >= 0.3 is 21.7 Å². The van der Waals surface area contributed by atoms with Crippen molar-refractivity contribution in [2.75, 3.05) is 5.79 Å². The fourth-order valence-corrected chi connectivity index (χ4v) is 13.3. The summed E-state index contributed by atoms with van der Waals surface area (Å²) in [6.45, 7) is 14.4. The molecule has 3 aromatic carbocycles. The summed E-state index contributed by atoms with van der Waals surface area (Å²) in [5, 5.41) is 4.71. The van der Waals surface area contributed by atoms with Crippen LogP contribution in [0, 0.1) is 27.7 Å². The normalized spacial score (nSPS) is 10.7. The summed E-state index contributed by atoms with van der Waals surface area (Å²) in [7, 11) is -1.90. The molecule has 0 spiro atoms. The van der Waals surface area contributed by atoms with Crippen LogP contribution >= 0.6 is 7.92 Å². The van der Waals surface area contributed by atoms with E-state index < -0.39 is 8.07 Å². The minimum Gasteiger partial charge on any atom is -1.00 e. The third kappa shape index (κ3) is 6.13. The van der Waals surface area contributed by atoms with E-state index in [9.17, 15) is 0 Å². The minimum atomic E-state index is -1.58. The summed E-state index contributed by atoms with van der Waals surface area (Å²) >= 11 is 0. The van der Waals surface area contributed by atoms with Gasteiger partial charge in [0, 0.05) is 8.07 Å². The topological polar surface area (TPSA) is 0 Å². The quantitative estimate of drug-likeness (QED) is 0.248. The molecule has 0 N–H and O–H groups in total. The van der Waals surface area contributed by atoms with Gasteiger partial charge in [0.05, 0.1) is 0 Å². The standard InChI is InChI=1S/C24H30PSi.2ClH.Ti/c1-18-19(2)21(4)24(20(18)3)26(5,6)17-25(22-13-9-7-10-14-22)23-15-11-8-12-16-23;;;/h7-16H,17H2,1-6H3;2*1H;/q-1;;;+3/p-2. The van der Waals surface area contributed by atoms with E-state index >= 15 is 0 Å². The summed E-state index contributed by atoms with van der Waals surface area (Å²) in [4.78, 5) is 0. The summed E-state index contributed by atoms with van der Waals surface area (Å²) in [6.07, 6.45) is 0. The van der Waals surface area contributed by atoms with Crippen molar-refractivity contribution in [3.63, 3.8) is 0 Å². The number of hydrogen-bond donors (Lipinski definition) is 0. The van der Waals surface area contributed by atoms with Gasteiger partial charge in [0.2, 0.25) is 0 Å². The van der Waals surface area contributed by atoms with E-state index in [-0.39, 0.29) is 54.5 Å². The first-order valence-corrected chi connectivity index (χ1v) is 14.2. The van der Waals surface area contributed by atoms with Gasteiger partial charge in [0.1, 0.15) is 0 Å². The fraction of sp³-hybridized carbons (Fsp3) is 0.292. The Labute approximate surface area is 206 Å². The van der Waals surface area contributed by atoms with Crippen molar-refractivity contribution in [3.05, 3.63) is 82.9 Å². The van der Waals surface area contributed by atoms with E-state index in [1.165, 1.54) is 27.5 Å². The van der Waals surface area contributed by atoms with E-state index in [4.69, 9.17) is 0 Å². The van der Waals surface area contributed by atoms with Gasteiger partial charge in [0.15, 0.2) is 0 Å². The first-order chi connectivity index (χ1) is 12.3. The summed E-state index contributed by atoms with van der Waals surface area (Å²) in [6, 6.07) is 22.3. The Balaban J connectivity index is 0.00000261. The van der Waals surface area contributed by atoms with Crippen molar-refractivity contribution in [1.82, 2.24) is 0 Å². The van der Waals surface area contributed by atoms with E-state index in [0.29, 0.717) is 0 Å². The van der Waals surface area contributed by atoms with Gasteiger partial charge in [-0.25, -0.2) is 0 Å². The number of halogens is 2. The van der Waals surface area contributed by atoms with Crippen LogP contribution in [0.5, 0.6) is 0 Å². The third-order valence-corrected chi connectivity index (χ3v) is 14.2. The Morgan fingerprint density at radius 3 is 1.38 bits per heavy atom. The molecule has 0 saturated heterocycles. The predicted molar refractivity (Wildman–Crippen MR) is 122 cm³/mol. The van der Waals surface area contributed by atoms with Gasteiger partial charge in [-0.05, 0) is 24.3 Å². The molecule has 0 bridgehead atoms. The molecule has 0 fully saturated rings. The van der Waals surface area contributed by atoms with Crippen molar-refractivity contribution in [2.24, 2.45) is 0 Å². The molecular weight excluding hydrogens is 466 g/mol. The Morgan fingerprint density at radius 1 is 0.690 bits per heavy atom. The van der Waals surface area contributed by atoms with E-state index in [1.807, 2.05) is 0 Å². The van der Waals surface area contributed by atoms with Crippen LogP contribution in [0.15, 0.2) is 60.7 Å². The Hall–Kier alpha value is -0.269. The molecule has 29 heavy (non-hydrogen) atoms. The third-order valence-electron chi connectivity index (χ3n) is 5.80. The summed E-state index contributed by atoms with van der Waals surface area (Å²) in [5.41, 5.74) is 6.10. The zero-order chi connectivity index (χ0) is 18.9. The van der Waals surface area contributed by atoms with Crippen LogP contribution in [-0.2, 0) is 21.7 Å². The number of benzene rings is 2. The smallest absolute Gasteiger partial charge is 1.00 e. The molecule has 1 radical (unpaired) electrons. The second-order valence-corrected chi connectivity index (χ2v) is 15.4. The molecule has 0 nitrogen and oxygen atoms in total. The molecule has 0 aliphatic heterocycles. The van der Waals surface area contributed by atoms with Crippen molar-refractivity contribution >= 4 is 31.8 Å². The van der Waals surface area contributed by atoms with Gasteiger partial charge in [-0.3, -0.25) is 0 Å². The van der Waals surface area contributed by atoms with Crippen molar-refractivity contribution in [1.29, 1.82) is 0 Å². The van der Waals surface area contributed by atoms with E-state index in [0.717, 1.165) is 0 Å². The first-order valence-electron chi connectivity index (χ1n) is 9.44. The van der Waals surface area contributed by atoms with Crippen LogP contribution in [0.4, 0.5) is 0 Å². The molecule has 0 aliphatic rings. The second-order valence-electron chi connectivity index (χ2n) is 8.02. The largest absolute Gasteiger partial charge is 3.00 e. The van der Waals surface area contributed by atoms with Crippen LogP contribution in [0.2, 0.25) is 13.1 Å². The minimum absolute atomic E-state index is 0. The SMILES string of the molecule is Cc1c(C)c(C)[c-]([Si](C)(C)CP(c2ccccc2)c2ccccc2)c1C.[Cl-].[Cl-].[Ti+3]. The zero-order valence-corrected chi connectivity index (χ0v) is 23.2. The maximum atomic E-state index is 2.57. The predicted octanol–water partition coefficient (Wildman–Crippen LogP) is -0.768. The molecule has 0 aromatic heterocycles. The van der Waals surface area contributed by atoms with Gasteiger partial charge in [-0.15, -0.1) is 0 Å². The molecule has 0 atom stereocenters. The molecule has 3 rings (SSSR count). The molecule has 0 aliphatic carbocycles.